The molecule has 0 aromatic carbocycles. The van der Waals surface area contributed by atoms with Crippen molar-refractivity contribution >= 4 is 5.78 Å². The van der Waals surface area contributed by atoms with E-state index in [-0.39, 0.29) is 5.78 Å². The van der Waals surface area contributed by atoms with E-state index < -0.39 is 0 Å². The van der Waals surface area contributed by atoms with Crippen LogP contribution >= 0.6 is 0 Å². The molecule has 46 valence electrons. The minimum absolute atomic E-state index is 0.231. The molecule has 0 amide bonds. The van der Waals surface area contributed by atoms with E-state index in [1.165, 1.54) is 0 Å². The maximum atomic E-state index is 10.1. The average Bonchev–Trinajstić information content (AvgIpc) is 2.50. The molecule has 1 nitrogen and oxygen atoms in total. The van der Waals surface area contributed by atoms with Gasteiger partial charge in [-0.2, -0.15) is 0 Å². The second kappa shape index (κ2) is 3.42. The average molecular weight is 112 g/mol. The van der Waals surface area contributed by atoms with E-state index in [2.05, 4.69) is 0 Å². The second-order valence-corrected chi connectivity index (χ2v) is 1.49. The first-order valence-corrected chi connectivity index (χ1v) is 3.00. The zero-order valence-corrected chi connectivity index (χ0v) is 5.69. The molecule has 0 aromatic heterocycles. The summed E-state index contributed by atoms with van der Waals surface area (Å²) >= 11 is 0. The van der Waals surface area contributed by atoms with Crippen molar-refractivity contribution in [3.8, 4) is 0 Å². The molecule has 0 bridgehead atoms. The van der Waals surface area contributed by atoms with Gasteiger partial charge < -0.3 is 0 Å². The molecular formula is C7H12O. The Bertz CT molecular complexity index is 112. The molecule has 1 heteroatoms. The minimum atomic E-state index is 0.231. The van der Waals surface area contributed by atoms with E-state index in [4.69, 9.17) is 0 Å². The molecule has 0 unspecified atom stereocenters. The number of carbonyl (C=O) groups excluding carboxylic acids is 1. The van der Waals surface area contributed by atoms with E-state index in [0.717, 1.165) is 12.0 Å². The van der Waals surface area contributed by atoms with Gasteiger partial charge in [0, 0.05) is 0 Å². The van der Waals surface area contributed by atoms with Gasteiger partial charge in [-0.3, -0.25) is 4.79 Å². The van der Waals surface area contributed by atoms with Crippen LogP contribution in [0.2, 0.25) is 0 Å². The Morgan fingerprint density at radius 3 is 2.00 bits per heavy atom. The Balaban J connectivity index is 0.000000222. The van der Waals surface area contributed by atoms with E-state index in [1.807, 2.05) is 19.9 Å². The van der Waals surface area contributed by atoms with Gasteiger partial charge in [-0.15, -0.1) is 0 Å². The van der Waals surface area contributed by atoms with Crippen molar-refractivity contribution in [2.24, 2.45) is 0 Å². The van der Waals surface area contributed by atoms with Crippen LogP contribution in [-0.2, 0) is 4.79 Å². The van der Waals surface area contributed by atoms with Gasteiger partial charge in [-0.25, -0.2) is 0 Å². The first kappa shape index (κ1) is 7.41. The van der Waals surface area contributed by atoms with Crippen LogP contribution in [0, 0.1) is 0 Å². The topological polar surface area (TPSA) is 17.1 Å². The highest BCUT2D eigenvalue weighted by molar-refractivity contribution is 5.97. The third-order valence-electron chi connectivity index (χ3n) is 0.860. The highest BCUT2D eigenvalue weighted by atomic mass is 16.1. The number of allylic oxidation sites excluding steroid dienone is 2. The zero-order chi connectivity index (χ0) is 6.57. The first-order valence-electron chi connectivity index (χ1n) is 3.00. The monoisotopic (exact) mass is 112 g/mol. The van der Waals surface area contributed by atoms with E-state index in [0.29, 0.717) is 0 Å². The summed E-state index contributed by atoms with van der Waals surface area (Å²) in [6, 6.07) is 0. The highest BCUT2D eigenvalue weighted by Gasteiger charge is 2.10. The quantitative estimate of drug-likeness (QED) is 0.506. The van der Waals surface area contributed by atoms with Gasteiger partial charge in [0.05, 0.1) is 0 Å². The van der Waals surface area contributed by atoms with Crippen LogP contribution in [0.4, 0.5) is 0 Å². The van der Waals surface area contributed by atoms with Crippen LogP contribution in [0.25, 0.3) is 0 Å². The SMILES string of the molecule is CC.CC(=O)C1=CC1. The van der Waals surface area contributed by atoms with E-state index in [1.54, 1.807) is 6.92 Å². The van der Waals surface area contributed by atoms with E-state index in [9.17, 15) is 4.79 Å². The Morgan fingerprint density at radius 2 is 2.00 bits per heavy atom. The summed E-state index contributed by atoms with van der Waals surface area (Å²) in [6.07, 6.45) is 2.87. The summed E-state index contributed by atoms with van der Waals surface area (Å²) < 4.78 is 0. The molecule has 0 saturated carbocycles. The van der Waals surface area contributed by atoms with Gasteiger partial charge in [-0.1, -0.05) is 19.9 Å². The summed E-state index contributed by atoms with van der Waals surface area (Å²) in [7, 11) is 0. The number of carbonyl (C=O) groups is 1. The lowest BCUT2D eigenvalue weighted by molar-refractivity contribution is -0.113. The van der Waals surface area contributed by atoms with Crippen molar-refractivity contribution in [3.05, 3.63) is 11.6 Å². The summed E-state index contributed by atoms with van der Waals surface area (Å²) in [5, 5.41) is 0. The lowest BCUT2D eigenvalue weighted by atomic mass is 10.4. The predicted molar refractivity (Wildman–Crippen MR) is 34.7 cm³/mol. The molecule has 0 atom stereocenters. The minimum Gasteiger partial charge on any atom is -0.295 e. The predicted octanol–water partition coefficient (Wildman–Crippen LogP) is 1.93. The normalized spacial score (nSPS) is 13.1. The van der Waals surface area contributed by atoms with Crippen molar-refractivity contribution in [2.75, 3.05) is 0 Å². The third-order valence-corrected chi connectivity index (χ3v) is 0.860. The molecule has 0 radical (unpaired) electrons. The van der Waals surface area contributed by atoms with Gasteiger partial charge >= 0.3 is 0 Å². The van der Waals surface area contributed by atoms with Gasteiger partial charge in [0.15, 0.2) is 5.78 Å². The number of hydrogen-bond donors (Lipinski definition) is 0. The van der Waals surface area contributed by atoms with Crippen LogP contribution in [0.5, 0.6) is 0 Å². The Labute approximate surface area is 50.4 Å². The highest BCUT2D eigenvalue weighted by Crippen LogP contribution is 2.17. The summed E-state index contributed by atoms with van der Waals surface area (Å²) in [5.41, 5.74) is 0.995. The lowest BCUT2D eigenvalue weighted by Gasteiger charge is -1.70. The number of Topliss-reactive ketones (excluding diaryl/α,β-unsaturated/α-hetero) is 1. The van der Waals surface area contributed by atoms with Gasteiger partial charge in [-0.05, 0) is 18.9 Å². The largest absolute Gasteiger partial charge is 0.295 e. The standard InChI is InChI=1S/C5H6O.C2H6/c1-4(6)5-2-3-5;1-2/h2H,3H2,1H3;1-2H3. The maximum absolute atomic E-state index is 10.1. The Kier molecular flexibility index (Phi) is 3.16. The molecule has 0 aliphatic heterocycles. The molecule has 0 saturated heterocycles. The van der Waals surface area contributed by atoms with Crippen LogP contribution in [0.3, 0.4) is 0 Å². The zero-order valence-electron chi connectivity index (χ0n) is 5.69. The smallest absolute Gasteiger partial charge is 0.155 e. The van der Waals surface area contributed by atoms with Crippen molar-refractivity contribution in [1.29, 1.82) is 0 Å². The Hall–Kier alpha value is -0.590. The van der Waals surface area contributed by atoms with Crippen molar-refractivity contribution in [3.63, 3.8) is 0 Å². The lowest BCUT2D eigenvalue weighted by Crippen LogP contribution is -1.80. The van der Waals surface area contributed by atoms with Crippen LogP contribution in [0.1, 0.15) is 27.2 Å². The molecule has 1 aliphatic rings. The fraction of sp³-hybridized carbons (Fsp3) is 0.571. The first-order chi connectivity index (χ1) is 3.80. The number of hydrogen-bond acceptors (Lipinski definition) is 1. The fourth-order valence-electron chi connectivity index (χ4n) is 0.338. The van der Waals surface area contributed by atoms with Crippen molar-refractivity contribution < 1.29 is 4.79 Å². The van der Waals surface area contributed by atoms with Crippen LogP contribution < -0.4 is 0 Å². The molecule has 0 aromatic rings. The van der Waals surface area contributed by atoms with Gasteiger partial charge in [0.2, 0.25) is 0 Å². The van der Waals surface area contributed by atoms with Crippen molar-refractivity contribution in [1.82, 2.24) is 0 Å². The number of ketones is 1. The molecule has 0 fully saturated rings. The molecule has 0 spiro atoms. The molecular weight excluding hydrogens is 100 g/mol. The summed E-state index contributed by atoms with van der Waals surface area (Å²) in [6.45, 7) is 5.60. The molecule has 1 aliphatic carbocycles. The van der Waals surface area contributed by atoms with Gasteiger partial charge in [0.1, 0.15) is 0 Å². The maximum Gasteiger partial charge on any atom is 0.155 e. The summed E-state index contributed by atoms with van der Waals surface area (Å²) in [4.78, 5) is 10.1. The summed E-state index contributed by atoms with van der Waals surface area (Å²) in [5.74, 6) is 0.231. The molecule has 0 heterocycles. The van der Waals surface area contributed by atoms with Gasteiger partial charge in [0.25, 0.3) is 0 Å². The third kappa shape index (κ3) is 2.56. The van der Waals surface area contributed by atoms with Crippen LogP contribution in [0.15, 0.2) is 11.6 Å². The number of rotatable bonds is 1. The Morgan fingerprint density at radius 1 is 1.62 bits per heavy atom. The molecule has 0 N–H and O–H groups in total. The second-order valence-electron chi connectivity index (χ2n) is 1.49. The fourth-order valence-corrected chi connectivity index (χ4v) is 0.338. The molecule has 8 heavy (non-hydrogen) atoms. The van der Waals surface area contributed by atoms with Crippen LogP contribution in [-0.4, -0.2) is 5.78 Å². The van der Waals surface area contributed by atoms with E-state index >= 15 is 0 Å². The van der Waals surface area contributed by atoms with Crippen molar-refractivity contribution in [2.45, 2.75) is 27.2 Å². The molecule has 1 rings (SSSR count).